The lowest BCUT2D eigenvalue weighted by atomic mass is 10.0. The molecule has 100 valence electrons. The molecular formula is C16H11ClO3. The Labute approximate surface area is 120 Å². The van der Waals surface area contributed by atoms with Crippen LogP contribution in [0, 0.1) is 0 Å². The normalized spacial score (nSPS) is 10.7. The second kappa shape index (κ2) is 5.02. The molecule has 0 saturated heterocycles. The Balaban J connectivity index is 2.40. The summed E-state index contributed by atoms with van der Waals surface area (Å²) in [4.78, 5) is 11.7. The maximum absolute atomic E-state index is 11.7. The van der Waals surface area contributed by atoms with Crippen molar-refractivity contribution < 1.29 is 9.15 Å². The fraction of sp³-hybridized carbons (Fsp3) is 0.0625. The van der Waals surface area contributed by atoms with Crippen LogP contribution in [-0.2, 0) is 0 Å². The Bertz CT molecular complexity index is 836. The molecule has 0 bridgehead atoms. The molecule has 0 saturated carbocycles. The van der Waals surface area contributed by atoms with E-state index in [-0.39, 0.29) is 0 Å². The number of halogens is 1. The van der Waals surface area contributed by atoms with Gasteiger partial charge in [0, 0.05) is 27.6 Å². The minimum atomic E-state index is -0.402. The van der Waals surface area contributed by atoms with Gasteiger partial charge in [0.25, 0.3) is 0 Å². The maximum Gasteiger partial charge on any atom is 0.336 e. The Morgan fingerprint density at radius 2 is 1.85 bits per heavy atom. The molecule has 0 aliphatic rings. The summed E-state index contributed by atoms with van der Waals surface area (Å²) in [5, 5.41) is 1.36. The number of hydrogen-bond acceptors (Lipinski definition) is 3. The summed E-state index contributed by atoms with van der Waals surface area (Å²) in [6.07, 6.45) is 0. The first-order valence-corrected chi connectivity index (χ1v) is 6.43. The van der Waals surface area contributed by atoms with Gasteiger partial charge in [-0.05, 0) is 24.3 Å². The summed E-state index contributed by atoms with van der Waals surface area (Å²) >= 11 is 6.04. The van der Waals surface area contributed by atoms with Crippen LogP contribution in [0.1, 0.15) is 0 Å². The summed E-state index contributed by atoms with van der Waals surface area (Å²) in [7, 11) is 1.60. The highest BCUT2D eigenvalue weighted by molar-refractivity contribution is 6.31. The molecule has 0 unspecified atom stereocenters. The Hall–Kier alpha value is -2.26. The predicted octanol–water partition coefficient (Wildman–Crippen LogP) is 4.12. The molecule has 0 aliphatic heterocycles. The van der Waals surface area contributed by atoms with Crippen LogP contribution in [0.25, 0.3) is 22.1 Å². The third kappa shape index (κ3) is 2.17. The predicted molar refractivity (Wildman–Crippen MR) is 79.5 cm³/mol. The van der Waals surface area contributed by atoms with Crippen LogP contribution in [0.5, 0.6) is 5.75 Å². The van der Waals surface area contributed by atoms with E-state index in [9.17, 15) is 4.79 Å². The minimum Gasteiger partial charge on any atom is -0.496 e. The van der Waals surface area contributed by atoms with Crippen molar-refractivity contribution in [2.45, 2.75) is 0 Å². The number of fused-ring (bicyclic) bond motifs is 1. The van der Waals surface area contributed by atoms with Crippen LogP contribution in [0.3, 0.4) is 0 Å². The summed E-state index contributed by atoms with van der Waals surface area (Å²) < 4.78 is 10.6. The molecule has 2 aromatic carbocycles. The third-order valence-electron chi connectivity index (χ3n) is 3.10. The highest BCUT2D eigenvalue weighted by Crippen LogP contribution is 2.34. The molecule has 1 heterocycles. The van der Waals surface area contributed by atoms with Gasteiger partial charge < -0.3 is 9.15 Å². The fourth-order valence-corrected chi connectivity index (χ4v) is 2.40. The summed E-state index contributed by atoms with van der Waals surface area (Å²) in [5.74, 6) is 0.694. The quantitative estimate of drug-likeness (QED) is 0.665. The molecule has 3 nitrogen and oxygen atoms in total. The number of rotatable bonds is 2. The molecule has 3 rings (SSSR count). The Kier molecular flexibility index (Phi) is 3.20. The largest absolute Gasteiger partial charge is 0.496 e. The lowest BCUT2D eigenvalue weighted by molar-refractivity contribution is 0.416. The van der Waals surface area contributed by atoms with Gasteiger partial charge >= 0.3 is 5.63 Å². The van der Waals surface area contributed by atoms with E-state index < -0.39 is 5.63 Å². The SMILES string of the molecule is COc1ccccc1-c1cc(=O)oc2ccc(Cl)cc12. The molecule has 1 aromatic heterocycles. The van der Waals surface area contributed by atoms with E-state index in [2.05, 4.69) is 0 Å². The van der Waals surface area contributed by atoms with Crippen molar-refractivity contribution in [3.8, 4) is 16.9 Å². The second-order valence-electron chi connectivity index (χ2n) is 4.32. The van der Waals surface area contributed by atoms with Crippen molar-refractivity contribution in [3.63, 3.8) is 0 Å². The van der Waals surface area contributed by atoms with Gasteiger partial charge in [-0.2, -0.15) is 0 Å². The standard InChI is InChI=1S/C16H11ClO3/c1-19-14-5-3-2-4-11(14)12-9-16(18)20-15-7-6-10(17)8-13(12)15/h2-9H,1H3. The zero-order chi connectivity index (χ0) is 14.1. The topological polar surface area (TPSA) is 39.4 Å². The van der Waals surface area contributed by atoms with E-state index in [1.807, 2.05) is 24.3 Å². The fourth-order valence-electron chi connectivity index (χ4n) is 2.23. The van der Waals surface area contributed by atoms with Crippen LogP contribution in [-0.4, -0.2) is 7.11 Å². The molecular weight excluding hydrogens is 276 g/mol. The average molecular weight is 287 g/mol. The van der Waals surface area contributed by atoms with Crippen LogP contribution < -0.4 is 10.4 Å². The maximum atomic E-state index is 11.7. The number of ether oxygens (including phenoxy) is 1. The van der Waals surface area contributed by atoms with Gasteiger partial charge in [-0.3, -0.25) is 0 Å². The molecule has 0 amide bonds. The van der Waals surface area contributed by atoms with E-state index in [0.29, 0.717) is 16.4 Å². The molecule has 4 heteroatoms. The van der Waals surface area contributed by atoms with E-state index in [0.717, 1.165) is 16.5 Å². The summed E-state index contributed by atoms with van der Waals surface area (Å²) in [6, 6.07) is 14.1. The zero-order valence-corrected chi connectivity index (χ0v) is 11.5. The number of hydrogen-bond donors (Lipinski definition) is 0. The molecule has 0 fully saturated rings. The van der Waals surface area contributed by atoms with E-state index in [4.69, 9.17) is 20.8 Å². The monoisotopic (exact) mass is 286 g/mol. The molecule has 0 N–H and O–H groups in total. The smallest absolute Gasteiger partial charge is 0.336 e. The lowest BCUT2D eigenvalue weighted by Gasteiger charge is -2.10. The van der Waals surface area contributed by atoms with Crippen molar-refractivity contribution in [2.75, 3.05) is 7.11 Å². The molecule has 20 heavy (non-hydrogen) atoms. The van der Waals surface area contributed by atoms with Crippen LogP contribution in [0.4, 0.5) is 0 Å². The van der Waals surface area contributed by atoms with Gasteiger partial charge in [-0.25, -0.2) is 4.79 Å². The van der Waals surface area contributed by atoms with Gasteiger partial charge in [0.05, 0.1) is 7.11 Å². The van der Waals surface area contributed by atoms with E-state index >= 15 is 0 Å². The van der Waals surface area contributed by atoms with Gasteiger partial charge in [0.1, 0.15) is 11.3 Å². The molecule has 3 aromatic rings. The van der Waals surface area contributed by atoms with Crippen molar-refractivity contribution >= 4 is 22.6 Å². The van der Waals surface area contributed by atoms with Crippen LogP contribution in [0.2, 0.25) is 5.02 Å². The number of methoxy groups -OCH3 is 1. The summed E-state index contributed by atoms with van der Waals surface area (Å²) in [6.45, 7) is 0. The Morgan fingerprint density at radius 1 is 1.05 bits per heavy atom. The van der Waals surface area contributed by atoms with Crippen molar-refractivity contribution in [3.05, 3.63) is 64.0 Å². The highest BCUT2D eigenvalue weighted by atomic mass is 35.5. The van der Waals surface area contributed by atoms with Crippen molar-refractivity contribution in [1.29, 1.82) is 0 Å². The Morgan fingerprint density at radius 3 is 2.65 bits per heavy atom. The molecule has 0 radical (unpaired) electrons. The van der Waals surface area contributed by atoms with E-state index in [1.54, 1.807) is 25.3 Å². The van der Waals surface area contributed by atoms with Gasteiger partial charge in [0.15, 0.2) is 0 Å². The number of benzene rings is 2. The van der Waals surface area contributed by atoms with Gasteiger partial charge in [-0.15, -0.1) is 0 Å². The highest BCUT2D eigenvalue weighted by Gasteiger charge is 2.12. The lowest BCUT2D eigenvalue weighted by Crippen LogP contribution is -1.99. The first-order chi connectivity index (χ1) is 9.69. The average Bonchev–Trinajstić information content (AvgIpc) is 2.47. The molecule has 0 spiro atoms. The minimum absolute atomic E-state index is 0.402. The molecule has 0 aliphatic carbocycles. The third-order valence-corrected chi connectivity index (χ3v) is 3.34. The second-order valence-corrected chi connectivity index (χ2v) is 4.76. The summed E-state index contributed by atoms with van der Waals surface area (Å²) in [5.41, 5.74) is 1.68. The van der Waals surface area contributed by atoms with Gasteiger partial charge in [0.2, 0.25) is 0 Å². The van der Waals surface area contributed by atoms with Crippen molar-refractivity contribution in [2.24, 2.45) is 0 Å². The van der Waals surface area contributed by atoms with Crippen LogP contribution in [0.15, 0.2) is 57.7 Å². The van der Waals surface area contributed by atoms with Crippen LogP contribution >= 0.6 is 11.6 Å². The van der Waals surface area contributed by atoms with E-state index in [1.165, 1.54) is 6.07 Å². The zero-order valence-electron chi connectivity index (χ0n) is 10.7. The number of para-hydroxylation sites is 1. The first kappa shape index (κ1) is 12.8. The van der Waals surface area contributed by atoms with Gasteiger partial charge in [-0.1, -0.05) is 29.8 Å². The van der Waals surface area contributed by atoms with Crippen molar-refractivity contribution in [1.82, 2.24) is 0 Å². The first-order valence-electron chi connectivity index (χ1n) is 6.06. The molecule has 0 atom stereocenters.